The average molecular weight is 245 g/mol. The van der Waals surface area contributed by atoms with Gasteiger partial charge in [-0.25, -0.2) is 0 Å². The Kier molecular flexibility index (Phi) is 6.99. The molecular formula is C12H23NO4. The van der Waals surface area contributed by atoms with E-state index in [2.05, 4.69) is 5.32 Å². The standard InChI is InChI=1S/C12H23NO4/c1-11(2,5-7-14)17-9-12(3,4)16-8-6-13-10-15/h7,10H,5-6,8-9H2,1-4H3,(H,13,15). The van der Waals surface area contributed by atoms with Crippen LogP contribution in [-0.2, 0) is 19.1 Å². The predicted octanol–water partition coefficient (Wildman–Crippen LogP) is 0.912. The summed E-state index contributed by atoms with van der Waals surface area (Å²) in [5, 5.41) is 2.52. The van der Waals surface area contributed by atoms with Crippen molar-refractivity contribution in [3.05, 3.63) is 0 Å². The molecule has 0 aliphatic heterocycles. The molecule has 5 nitrogen and oxygen atoms in total. The SMILES string of the molecule is CC(C)(CC=O)OCC(C)(C)OCCNC=O. The number of carbonyl (C=O) groups excluding carboxylic acids is 2. The highest BCUT2D eigenvalue weighted by Crippen LogP contribution is 2.18. The summed E-state index contributed by atoms with van der Waals surface area (Å²) in [6.45, 7) is 8.86. The Morgan fingerprint density at radius 1 is 1.06 bits per heavy atom. The van der Waals surface area contributed by atoms with Gasteiger partial charge in [0.15, 0.2) is 0 Å². The number of nitrogens with one attached hydrogen (secondary N) is 1. The van der Waals surface area contributed by atoms with E-state index in [1.165, 1.54) is 0 Å². The number of ether oxygens (including phenoxy) is 2. The van der Waals surface area contributed by atoms with E-state index in [9.17, 15) is 9.59 Å². The summed E-state index contributed by atoms with van der Waals surface area (Å²) in [4.78, 5) is 20.5. The molecule has 0 atom stereocenters. The first-order chi connectivity index (χ1) is 7.83. The second-order valence-corrected chi connectivity index (χ2v) is 5.10. The Balaban J connectivity index is 3.90. The first-order valence-corrected chi connectivity index (χ1v) is 5.71. The maximum atomic E-state index is 10.4. The first-order valence-electron chi connectivity index (χ1n) is 5.71. The second kappa shape index (κ2) is 7.40. The van der Waals surface area contributed by atoms with Crippen molar-refractivity contribution in [1.29, 1.82) is 0 Å². The zero-order chi connectivity index (χ0) is 13.4. The van der Waals surface area contributed by atoms with Crippen molar-refractivity contribution in [1.82, 2.24) is 5.32 Å². The van der Waals surface area contributed by atoms with E-state index in [1.807, 2.05) is 27.7 Å². The molecule has 1 amide bonds. The van der Waals surface area contributed by atoms with E-state index >= 15 is 0 Å². The van der Waals surface area contributed by atoms with Crippen LogP contribution in [0.15, 0.2) is 0 Å². The van der Waals surface area contributed by atoms with Gasteiger partial charge in [0.2, 0.25) is 6.41 Å². The van der Waals surface area contributed by atoms with Crippen molar-refractivity contribution in [2.75, 3.05) is 19.8 Å². The number of aldehydes is 1. The molecule has 0 radical (unpaired) electrons. The molecule has 0 aromatic heterocycles. The molecular weight excluding hydrogens is 222 g/mol. The summed E-state index contributed by atoms with van der Waals surface area (Å²) < 4.78 is 11.2. The minimum absolute atomic E-state index is 0.357. The summed E-state index contributed by atoms with van der Waals surface area (Å²) in [5.41, 5.74) is -0.909. The van der Waals surface area contributed by atoms with Crippen molar-refractivity contribution in [2.45, 2.75) is 45.3 Å². The average Bonchev–Trinajstić information content (AvgIpc) is 2.22. The lowest BCUT2D eigenvalue weighted by Crippen LogP contribution is -2.38. The lowest BCUT2D eigenvalue weighted by Gasteiger charge is -2.31. The monoisotopic (exact) mass is 245 g/mol. The Hall–Kier alpha value is -0.940. The summed E-state index contributed by atoms with van der Waals surface area (Å²) in [6.07, 6.45) is 1.84. The van der Waals surface area contributed by atoms with Crippen molar-refractivity contribution in [3.8, 4) is 0 Å². The molecule has 0 aliphatic carbocycles. The van der Waals surface area contributed by atoms with E-state index < -0.39 is 11.2 Å². The third kappa shape index (κ3) is 8.83. The first kappa shape index (κ1) is 16.1. The molecule has 1 N–H and O–H groups in total. The van der Waals surface area contributed by atoms with Crippen LogP contribution in [0.4, 0.5) is 0 Å². The number of hydrogen-bond donors (Lipinski definition) is 1. The smallest absolute Gasteiger partial charge is 0.207 e. The van der Waals surface area contributed by atoms with Gasteiger partial charge >= 0.3 is 0 Å². The molecule has 0 saturated heterocycles. The minimum atomic E-state index is -0.469. The van der Waals surface area contributed by atoms with Gasteiger partial charge in [0.25, 0.3) is 0 Å². The highest BCUT2D eigenvalue weighted by molar-refractivity contribution is 5.51. The molecule has 17 heavy (non-hydrogen) atoms. The zero-order valence-corrected chi connectivity index (χ0v) is 11.1. The van der Waals surface area contributed by atoms with Gasteiger partial charge < -0.3 is 19.6 Å². The Bertz CT molecular complexity index is 239. The fourth-order valence-corrected chi connectivity index (χ4v) is 1.12. The zero-order valence-electron chi connectivity index (χ0n) is 11.1. The van der Waals surface area contributed by atoms with Crippen LogP contribution in [0.25, 0.3) is 0 Å². The quantitative estimate of drug-likeness (QED) is 0.459. The molecule has 0 saturated carbocycles. The van der Waals surface area contributed by atoms with E-state index in [0.29, 0.717) is 32.6 Å². The van der Waals surface area contributed by atoms with Crippen LogP contribution in [0, 0.1) is 0 Å². The van der Waals surface area contributed by atoms with Crippen LogP contribution in [0.5, 0.6) is 0 Å². The van der Waals surface area contributed by atoms with Crippen LogP contribution >= 0.6 is 0 Å². The van der Waals surface area contributed by atoms with Gasteiger partial charge in [-0.3, -0.25) is 4.79 Å². The van der Waals surface area contributed by atoms with Gasteiger partial charge in [0.05, 0.1) is 24.4 Å². The Morgan fingerprint density at radius 3 is 2.24 bits per heavy atom. The van der Waals surface area contributed by atoms with Crippen LogP contribution < -0.4 is 5.32 Å². The number of carbonyl (C=O) groups is 2. The predicted molar refractivity (Wildman–Crippen MR) is 64.8 cm³/mol. The molecule has 0 aromatic rings. The van der Waals surface area contributed by atoms with Crippen molar-refractivity contribution < 1.29 is 19.1 Å². The van der Waals surface area contributed by atoms with E-state index in [-0.39, 0.29) is 0 Å². The summed E-state index contributed by atoms with van der Waals surface area (Å²) in [5.74, 6) is 0. The van der Waals surface area contributed by atoms with Crippen molar-refractivity contribution >= 4 is 12.7 Å². The summed E-state index contributed by atoms with van der Waals surface area (Å²) in [6, 6.07) is 0. The second-order valence-electron chi connectivity index (χ2n) is 5.10. The fraction of sp³-hybridized carbons (Fsp3) is 0.833. The van der Waals surface area contributed by atoms with Gasteiger partial charge in [0, 0.05) is 13.0 Å². The molecule has 0 bridgehead atoms. The summed E-state index contributed by atoms with van der Waals surface area (Å²) in [7, 11) is 0. The normalized spacial score (nSPS) is 12.2. The number of hydrogen-bond acceptors (Lipinski definition) is 4. The maximum Gasteiger partial charge on any atom is 0.207 e. The van der Waals surface area contributed by atoms with Gasteiger partial charge in [-0.15, -0.1) is 0 Å². The number of rotatable bonds is 10. The van der Waals surface area contributed by atoms with Crippen molar-refractivity contribution in [3.63, 3.8) is 0 Å². The fourth-order valence-electron chi connectivity index (χ4n) is 1.12. The lowest BCUT2D eigenvalue weighted by atomic mass is 10.1. The van der Waals surface area contributed by atoms with Crippen LogP contribution in [-0.4, -0.2) is 43.7 Å². The highest BCUT2D eigenvalue weighted by Gasteiger charge is 2.25. The summed E-state index contributed by atoms with van der Waals surface area (Å²) >= 11 is 0. The molecule has 5 heteroatoms. The van der Waals surface area contributed by atoms with E-state index in [4.69, 9.17) is 9.47 Å². The third-order valence-corrected chi connectivity index (χ3v) is 2.21. The van der Waals surface area contributed by atoms with Crippen LogP contribution in [0.2, 0.25) is 0 Å². The van der Waals surface area contributed by atoms with Gasteiger partial charge in [0.1, 0.15) is 6.29 Å². The van der Waals surface area contributed by atoms with E-state index in [1.54, 1.807) is 0 Å². The largest absolute Gasteiger partial charge is 0.372 e. The van der Waals surface area contributed by atoms with Gasteiger partial charge in [-0.2, -0.15) is 0 Å². The van der Waals surface area contributed by atoms with Crippen LogP contribution in [0.1, 0.15) is 34.1 Å². The molecule has 0 aliphatic rings. The minimum Gasteiger partial charge on any atom is -0.372 e. The molecule has 0 unspecified atom stereocenters. The topological polar surface area (TPSA) is 64.6 Å². The molecule has 0 rings (SSSR count). The Morgan fingerprint density at radius 2 is 1.71 bits per heavy atom. The highest BCUT2D eigenvalue weighted by atomic mass is 16.6. The van der Waals surface area contributed by atoms with Crippen LogP contribution in [0.3, 0.4) is 0 Å². The molecule has 0 aromatic carbocycles. The number of amides is 1. The van der Waals surface area contributed by atoms with Crippen molar-refractivity contribution in [2.24, 2.45) is 0 Å². The molecule has 0 fully saturated rings. The maximum absolute atomic E-state index is 10.4. The lowest BCUT2D eigenvalue weighted by molar-refractivity contribution is -0.130. The molecule has 0 heterocycles. The molecule has 0 spiro atoms. The van der Waals surface area contributed by atoms with Gasteiger partial charge in [-0.05, 0) is 27.7 Å². The third-order valence-electron chi connectivity index (χ3n) is 2.21. The van der Waals surface area contributed by atoms with Gasteiger partial charge in [-0.1, -0.05) is 0 Å². The molecule has 100 valence electrons. The van der Waals surface area contributed by atoms with E-state index in [0.717, 1.165) is 6.29 Å². The Labute approximate surface area is 103 Å².